The molecule has 0 aromatic heterocycles. The minimum absolute atomic E-state index is 0.0986. The molecule has 23 heavy (non-hydrogen) atoms. The predicted octanol–water partition coefficient (Wildman–Crippen LogP) is 4.00. The van der Waals surface area contributed by atoms with Crippen molar-refractivity contribution in [1.29, 1.82) is 0 Å². The van der Waals surface area contributed by atoms with E-state index in [1.165, 1.54) is 5.57 Å². The van der Waals surface area contributed by atoms with Crippen LogP contribution in [0.3, 0.4) is 0 Å². The molecule has 4 saturated carbocycles. The molecule has 0 aromatic rings. The molecule has 5 rings (SSSR count). The quantitative estimate of drug-likeness (QED) is 0.688. The lowest BCUT2D eigenvalue weighted by Gasteiger charge is -2.65. The van der Waals surface area contributed by atoms with Gasteiger partial charge in [0.25, 0.3) is 0 Å². The van der Waals surface area contributed by atoms with Crippen molar-refractivity contribution in [2.75, 3.05) is 0 Å². The van der Waals surface area contributed by atoms with E-state index in [1.807, 2.05) is 13.8 Å². The van der Waals surface area contributed by atoms with Gasteiger partial charge in [0.2, 0.25) is 5.78 Å². The fourth-order valence-corrected chi connectivity index (χ4v) is 6.69. The maximum atomic E-state index is 12.9. The molecule has 0 amide bonds. The van der Waals surface area contributed by atoms with Crippen molar-refractivity contribution in [3.8, 4) is 0 Å². The standard InChI is InChI=1S/C20H26O3/c1-11-9-20-6-5-14-18(2,3)17(23)13(21)10-19(14,4)15(20)7-12(11)8-16(20)22/h10,12,14-15,21H,1,5-9H2,2-4H3/t12-,14-,15+,19-,20+/m0/s1. The smallest absolute Gasteiger partial charge is 0.202 e. The first-order valence-corrected chi connectivity index (χ1v) is 8.80. The van der Waals surface area contributed by atoms with Gasteiger partial charge in [0.05, 0.1) is 0 Å². The predicted molar refractivity (Wildman–Crippen MR) is 87.7 cm³/mol. The van der Waals surface area contributed by atoms with Crippen LogP contribution in [0.1, 0.15) is 52.9 Å². The van der Waals surface area contributed by atoms with Crippen LogP contribution in [0.25, 0.3) is 0 Å². The number of ketones is 2. The molecule has 2 bridgehead atoms. The van der Waals surface area contributed by atoms with E-state index in [4.69, 9.17) is 0 Å². The molecule has 5 atom stereocenters. The summed E-state index contributed by atoms with van der Waals surface area (Å²) in [6, 6.07) is 0. The number of aliphatic hydroxyl groups excluding tert-OH is 1. The van der Waals surface area contributed by atoms with Gasteiger partial charge in [-0.05, 0) is 54.9 Å². The lowest BCUT2D eigenvalue weighted by Crippen LogP contribution is -2.63. The molecule has 124 valence electrons. The van der Waals surface area contributed by atoms with Gasteiger partial charge in [0, 0.05) is 17.3 Å². The first-order valence-electron chi connectivity index (χ1n) is 8.80. The molecule has 3 nitrogen and oxygen atoms in total. The molecule has 5 aliphatic carbocycles. The van der Waals surface area contributed by atoms with E-state index in [2.05, 4.69) is 13.5 Å². The van der Waals surface area contributed by atoms with Gasteiger partial charge >= 0.3 is 0 Å². The van der Waals surface area contributed by atoms with E-state index in [9.17, 15) is 14.7 Å². The van der Waals surface area contributed by atoms with Gasteiger partial charge in [-0.1, -0.05) is 32.9 Å². The van der Waals surface area contributed by atoms with Crippen molar-refractivity contribution >= 4 is 11.6 Å². The maximum Gasteiger partial charge on any atom is 0.202 e. The molecule has 0 aromatic carbocycles. The number of hydrogen-bond donors (Lipinski definition) is 1. The summed E-state index contributed by atoms with van der Waals surface area (Å²) in [5, 5.41) is 10.3. The van der Waals surface area contributed by atoms with Crippen LogP contribution >= 0.6 is 0 Å². The van der Waals surface area contributed by atoms with Crippen molar-refractivity contribution in [1.82, 2.24) is 0 Å². The van der Waals surface area contributed by atoms with Crippen LogP contribution in [0.2, 0.25) is 0 Å². The van der Waals surface area contributed by atoms with Gasteiger partial charge < -0.3 is 5.11 Å². The Balaban J connectivity index is 1.88. The normalized spacial score (nSPS) is 47.9. The minimum atomic E-state index is -0.564. The number of Topliss-reactive ketones (excluding diaryl/α,β-unsaturated/α-hetero) is 2. The van der Waals surface area contributed by atoms with Crippen LogP contribution < -0.4 is 0 Å². The van der Waals surface area contributed by atoms with E-state index in [0.29, 0.717) is 18.1 Å². The Bertz CT molecular complexity index is 670. The number of fused-ring (bicyclic) bond motifs is 3. The van der Waals surface area contributed by atoms with E-state index in [-0.39, 0.29) is 34.2 Å². The highest BCUT2D eigenvalue weighted by Gasteiger charge is 2.67. The topological polar surface area (TPSA) is 54.4 Å². The lowest BCUT2D eigenvalue weighted by atomic mass is 9.37. The number of allylic oxidation sites excluding steroid dienone is 3. The van der Waals surface area contributed by atoms with Crippen molar-refractivity contribution in [3.05, 3.63) is 24.0 Å². The van der Waals surface area contributed by atoms with Crippen LogP contribution in [0.15, 0.2) is 24.0 Å². The lowest BCUT2D eigenvalue weighted by molar-refractivity contribution is -0.167. The SMILES string of the molecule is C=C1C[C@]23CC[C@H]4C(C)(C)C(=O)C(O)=C[C@]4(C)[C@H]2C[C@H]1CC3=O. The molecule has 0 radical (unpaired) electrons. The summed E-state index contributed by atoms with van der Waals surface area (Å²) in [5.41, 5.74) is 0.0904. The molecule has 1 spiro atoms. The average Bonchev–Trinajstić information content (AvgIpc) is 2.45. The first kappa shape index (κ1) is 15.2. The third-order valence-electron chi connectivity index (χ3n) is 7.81. The molecule has 0 saturated heterocycles. The second kappa shape index (κ2) is 4.17. The fourth-order valence-electron chi connectivity index (χ4n) is 6.69. The Kier molecular flexibility index (Phi) is 2.75. The van der Waals surface area contributed by atoms with Crippen molar-refractivity contribution < 1.29 is 14.7 Å². The third-order valence-corrected chi connectivity index (χ3v) is 7.81. The van der Waals surface area contributed by atoms with Gasteiger partial charge in [-0.3, -0.25) is 9.59 Å². The largest absolute Gasteiger partial charge is 0.505 e. The van der Waals surface area contributed by atoms with E-state index < -0.39 is 5.41 Å². The van der Waals surface area contributed by atoms with Crippen molar-refractivity contribution in [2.24, 2.45) is 34.0 Å². The Hall–Kier alpha value is -1.38. The van der Waals surface area contributed by atoms with Gasteiger partial charge in [0.1, 0.15) is 5.78 Å². The van der Waals surface area contributed by atoms with Gasteiger partial charge in [-0.2, -0.15) is 0 Å². The number of hydrogen-bond acceptors (Lipinski definition) is 3. The van der Waals surface area contributed by atoms with E-state index >= 15 is 0 Å². The highest BCUT2D eigenvalue weighted by Crippen LogP contribution is 2.69. The number of rotatable bonds is 0. The maximum absolute atomic E-state index is 12.9. The molecule has 5 aliphatic rings. The summed E-state index contributed by atoms with van der Waals surface area (Å²) in [7, 11) is 0. The van der Waals surface area contributed by atoms with Gasteiger partial charge in [-0.15, -0.1) is 0 Å². The zero-order chi connectivity index (χ0) is 16.8. The Morgan fingerprint density at radius 2 is 1.91 bits per heavy atom. The molecular weight excluding hydrogens is 288 g/mol. The highest BCUT2D eigenvalue weighted by molar-refractivity contribution is 5.99. The summed E-state index contributed by atoms with van der Waals surface area (Å²) in [4.78, 5) is 25.4. The summed E-state index contributed by atoms with van der Waals surface area (Å²) in [6.07, 6.45) is 5.98. The third kappa shape index (κ3) is 1.61. The van der Waals surface area contributed by atoms with Gasteiger partial charge in [-0.25, -0.2) is 0 Å². The Morgan fingerprint density at radius 1 is 1.22 bits per heavy atom. The van der Waals surface area contributed by atoms with Crippen LogP contribution in [-0.4, -0.2) is 16.7 Å². The van der Waals surface area contributed by atoms with Crippen LogP contribution in [0, 0.1) is 34.0 Å². The van der Waals surface area contributed by atoms with Gasteiger partial charge in [0.15, 0.2) is 5.76 Å². The molecule has 0 heterocycles. The summed E-state index contributed by atoms with van der Waals surface area (Å²) in [5.74, 6) is 0.857. The monoisotopic (exact) mass is 314 g/mol. The molecule has 1 N–H and O–H groups in total. The van der Waals surface area contributed by atoms with Crippen LogP contribution in [0.4, 0.5) is 0 Å². The van der Waals surface area contributed by atoms with E-state index in [0.717, 1.165) is 25.7 Å². The van der Waals surface area contributed by atoms with Crippen molar-refractivity contribution in [2.45, 2.75) is 52.9 Å². The Labute approximate surface area is 137 Å². The summed E-state index contributed by atoms with van der Waals surface area (Å²) >= 11 is 0. The minimum Gasteiger partial charge on any atom is -0.505 e. The second-order valence-electron chi connectivity index (χ2n) is 9.14. The molecule has 0 aliphatic heterocycles. The zero-order valence-electron chi connectivity index (χ0n) is 14.3. The summed E-state index contributed by atoms with van der Waals surface area (Å²) < 4.78 is 0. The molecule has 4 fully saturated rings. The second-order valence-corrected chi connectivity index (χ2v) is 9.14. The molecule has 3 heteroatoms. The van der Waals surface area contributed by atoms with Crippen LogP contribution in [0.5, 0.6) is 0 Å². The van der Waals surface area contributed by atoms with Crippen LogP contribution in [-0.2, 0) is 9.59 Å². The molecule has 0 unspecified atom stereocenters. The number of aliphatic hydroxyl groups is 1. The Morgan fingerprint density at radius 3 is 2.61 bits per heavy atom. The van der Waals surface area contributed by atoms with Crippen molar-refractivity contribution in [3.63, 3.8) is 0 Å². The zero-order valence-corrected chi connectivity index (χ0v) is 14.3. The highest BCUT2D eigenvalue weighted by atomic mass is 16.3. The number of carbonyl (C=O) groups excluding carboxylic acids is 2. The molecular formula is C20H26O3. The number of carbonyl (C=O) groups is 2. The fraction of sp³-hybridized carbons (Fsp3) is 0.700. The summed E-state index contributed by atoms with van der Waals surface area (Å²) in [6.45, 7) is 10.3. The average molecular weight is 314 g/mol. The van der Waals surface area contributed by atoms with E-state index in [1.54, 1.807) is 6.08 Å². The first-order chi connectivity index (χ1) is 10.6.